The van der Waals surface area contributed by atoms with E-state index in [0.29, 0.717) is 18.7 Å². The van der Waals surface area contributed by atoms with Gasteiger partial charge in [0.1, 0.15) is 11.7 Å². The van der Waals surface area contributed by atoms with Crippen LogP contribution >= 0.6 is 0 Å². The third-order valence-electron chi connectivity index (χ3n) is 5.50. The van der Waals surface area contributed by atoms with Gasteiger partial charge in [0.15, 0.2) is 5.69 Å². The first-order chi connectivity index (χ1) is 17.5. The molecule has 1 fully saturated rings. The number of likely N-dealkylation sites (tertiary alicyclic amines) is 1. The first-order valence-electron chi connectivity index (χ1n) is 11.9. The van der Waals surface area contributed by atoms with Crippen LogP contribution in [-0.4, -0.2) is 46.5 Å². The SMILES string of the molecule is CC(C)(C)OC(=O)N1CCC(Oc2cc(N=C(c3ccccc3)c3ccccc3)cc(C(F)(F)F)n2)C1. The maximum Gasteiger partial charge on any atom is 0.433 e. The summed E-state index contributed by atoms with van der Waals surface area (Å²) < 4.78 is 52.4. The van der Waals surface area contributed by atoms with Crippen molar-refractivity contribution in [1.29, 1.82) is 0 Å². The predicted octanol–water partition coefficient (Wildman–Crippen LogP) is 6.66. The molecule has 2 heterocycles. The minimum Gasteiger partial charge on any atom is -0.472 e. The molecule has 0 saturated carbocycles. The molecular formula is C28H28F3N3O3. The summed E-state index contributed by atoms with van der Waals surface area (Å²) in [5.41, 5.74) is 0.327. The van der Waals surface area contributed by atoms with Crippen LogP contribution in [-0.2, 0) is 10.9 Å². The highest BCUT2D eigenvalue weighted by atomic mass is 19.4. The molecule has 0 bridgehead atoms. The molecule has 0 spiro atoms. The van der Waals surface area contributed by atoms with E-state index < -0.39 is 29.7 Å². The molecule has 1 aliphatic rings. The van der Waals surface area contributed by atoms with Crippen molar-refractivity contribution < 1.29 is 27.4 Å². The highest BCUT2D eigenvalue weighted by Gasteiger charge is 2.35. The van der Waals surface area contributed by atoms with Crippen molar-refractivity contribution in [3.63, 3.8) is 0 Å². The maximum absolute atomic E-state index is 13.7. The second-order valence-electron chi connectivity index (χ2n) is 9.69. The number of pyridine rings is 1. The number of carbonyl (C=O) groups is 1. The number of benzene rings is 2. The topological polar surface area (TPSA) is 64.0 Å². The quantitative estimate of drug-likeness (QED) is 0.360. The van der Waals surface area contributed by atoms with Gasteiger partial charge in [0.05, 0.1) is 17.9 Å². The molecule has 3 aromatic rings. The number of nitrogens with zero attached hydrogens (tertiary/aromatic N) is 3. The van der Waals surface area contributed by atoms with E-state index in [1.165, 1.54) is 11.0 Å². The van der Waals surface area contributed by atoms with Crippen molar-refractivity contribution in [1.82, 2.24) is 9.88 Å². The first kappa shape index (κ1) is 26.2. The number of hydrogen-bond donors (Lipinski definition) is 0. The zero-order chi connectivity index (χ0) is 26.6. The predicted molar refractivity (Wildman–Crippen MR) is 134 cm³/mol. The van der Waals surface area contributed by atoms with Crippen molar-refractivity contribution in [2.45, 2.75) is 45.1 Å². The minimum atomic E-state index is -4.69. The van der Waals surface area contributed by atoms with Gasteiger partial charge in [0.25, 0.3) is 0 Å². The van der Waals surface area contributed by atoms with Crippen LogP contribution in [0.2, 0.25) is 0 Å². The summed E-state index contributed by atoms with van der Waals surface area (Å²) in [5, 5.41) is 0. The number of halogens is 3. The molecule has 1 aromatic heterocycles. The molecule has 1 unspecified atom stereocenters. The Morgan fingerprint density at radius 1 is 0.973 bits per heavy atom. The van der Waals surface area contributed by atoms with Crippen molar-refractivity contribution >= 4 is 17.5 Å². The van der Waals surface area contributed by atoms with Crippen LogP contribution in [0.4, 0.5) is 23.7 Å². The Morgan fingerprint density at radius 2 is 1.57 bits per heavy atom. The molecule has 1 atom stereocenters. The van der Waals surface area contributed by atoms with Crippen LogP contribution in [0.1, 0.15) is 44.0 Å². The number of rotatable bonds is 5. The Bertz CT molecular complexity index is 1210. The summed E-state index contributed by atoms with van der Waals surface area (Å²) in [5.74, 6) is -0.204. The minimum absolute atomic E-state index is 0.0574. The van der Waals surface area contributed by atoms with Crippen LogP contribution in [0.5, 0.6) is 5.88 Å². The van der Waals surface area contributed by atoms with Gasteiger partial charge in [-0.2, -0.15) is 13.2 Å². The Balaban J connectivity index is 1.65. The first-order valence-corrected chi connectivity index (χ1v) is 11.9. The average molecular weight is 512 g/mol. The number of hydrogen-bond acceptors (Lipinski definition) is 5. The van der Waals surface area contributed by atoms with Crippen LogP contribution < -0.4 is 4.74 Å². The van der Waals surface area contributed by atoms with E-state index in [9.17, 15) is 18.0 Å². The van der Waals surface area contributed by atoms with Gasteiger partial charge in [-0.1, -0.05) is 60.7 Å². The normalized spacial score (nSPS) is 15.8. The molecule has 2 aromatic carbocycles. The Labute approximate surface area is 213 Å². The zero-order valence-corrected chi connectivity index (χ0v) is 20.8. The highest BCUT2D eigenvalue weighted by molar-refractivity contribution is 6.13. The largest absolute Gasteiger partial charge is 0.472 e. The lowest BCUT2D eigenvalue weighted by molar-refractivity contribution is -0.141. The number of aromatic nitrogens is 1. The fourth-order valence-electron chi connectivity index (χ4n) is 3.87. The highest BCUT2D eigenvalue weighted by Crippen LogP contribution is 2.34. The number of alkyl halides is 3. The maximum atomic E-state index is 13.7. The summed E-state index contributed by atoms with van der Waals surface area (Å²) >= 11 is 0. The van der Waals surface area contributed by atoms with Gasteiger partial charge in [0.2, 0.25) is 5.88 Å². The summed E-state index contributed by atoms with van der Waals surface area (Å²) in [7, 11) is 0. The van der Waals surface area contributed by atoms with E-state index in [0.717, 1.165) is 17.2 Å². The third-order valence-corrected chi connectivity index (χ3v) is 5.50. The molecule has 1 amide bonds. The van der Waals surface area contributed by atoms with E-state index in [1.807, 2.05) is 60.7 Å². The van der Waals surface area contributed by atoms with Gasteiger partial charge in [-0.25, -0.2) is 14.8 Å². The van der Waals surface area contributed by atoms with Crippen LogP contribution in [0.15, 0.2) is 77.8 Å². The fraction of sp³-hybridized carbons (Fsp3) is 0.321. The number of carbonyl (C=O) groups excluding carboxylic acids is 1. The van der Waals surface area contributed by atoms with E-state index in [4.69, 9.17) is 9.47 Å². The molecule has 1 aliphatic heterocycles. The van der Waals surface area contributed by atoms with Gasteiger partial charge in [0, 0.05) is 30.2 Å². The molecule has 0 N–H and O–H groups in total. The zero-order valence-electron chi connectivity index (χ0n) is 20.8. The molecule has 0 aliphatic carbocycles. The second-order valence-corrected chi connectivity index (χ2v) is 9.69. The van der Waals surface area contributed by atoms with Crippen molar-refractivity contribution in [3.8, 4) is 5.88 Å². The molecule has 6 nitrogen and oxygen atoms in total. The number of aliphatic imine (C=N–C) groups is 1. The van der Waals surface area contributed by atoms with Crippen molar-refractivity contribution in [2.75, 3.05) is 13.1 Å². The summed E-state index contributed by atoms with van der Waals surface area (Å²) in [6.45, 7) is 5.86. The molecule has 9 heteroatoms. The molecule has 0 radical (unpaired) electrons. The Kier molecular flexibility index (Phi) is 7.52. The van der Waals surface area contributed by atoms with Gasteiger partial charge >= 0.3 is 12.3 Å². The monoisotopic (exact) mass is 511 g/mol. The van der Waals surface area contributed by atoms with Crippen LogP contribution in [0.3, 0.4) is 0 Å². The smallest absolute Gasteiger partial charge is 0.433 e. The van der Waals surface area contributed by atoms with E-state index in [1.54, 1.807) is 20.8 Å². The van der Waals surface area contributed by atoms with Gasteiger partial charge in [-0.3, -0.25) is 0 Å². The molecule has 4 rings (SSSR count). The van der Waals surface area contributed by atoms with Crippen molar-refractivity contribution in [2.24, 2.45) is 4.99 Å². The third kappa shape index (κ3) is 7.09. The lowest BCUT2D eigenvalue weighted by Gasteiger charge is -2.24. The Hall–Kier alpha value is -3.88. The lowest BCUT2D eigenvalue weighted by atomic mass is 10.0. The molecule has 194 valence electrons. The molecular weight excluding hydrogens is 483 g/mol. The summed E-state index contributed by atoms with van der Waals surface area (Å²) in [6.07, 6.45) is -5.27. The van der Waals surface area contributed by atoms with E-state index >= 15 is 0 Å². The lowest BCUT2D eigenvalue weighted by Crippen LogP contribution is -2.36. The summed E-state index contributed by atoms with van der Waals surface area (Å²) in [4.78, 5) is 22.1. The fourth-order valence-corrected chi connectivity index (χ4v) is 3.87. The molecule has 37 heavy (non-hydrogen) atoms. The van der Waals surface area contributed by atoms with E-state index in [2.05, 4.69) is 9.98 Å². The molecule has 1 saturated heterocycles. The average Bonchev–Trinajstić information content (AvgIpc) is 3.31. The van der Waals surface area contributed by atoms with Gasteiger partial charge < -0.3 is 14.4 Å². The number of amides is 1. The number of ether oxygens (including phenoxy) is 2. The van der Waals surface area contributed by atoms with Gasteiger partial charge in [-0.05, 0) is 26.8 Å². The van der Waals surface area contributed by atoms with Crippen LogP contribution in [0, 0.1) is 0 Å². The van der Waals surface area contributed by atoms with Crippen LogP contribution in [0.25, 0.3) is 0 Å². The summed E-state index contributed by atoms with van der Waals surface area (Å²) in [6, 6.07) is 20.7. The van der Waals surface area contributed by atoms with Crippen molar-refractivity contribution in [3.05, 3.63) is 89.6 Å². The van der Waals surface area contributed by atoms with E-state index in [-0.39, 0.29) is 18.1 Å². The Morgan fingerprint density at radius 3 is 2.11 bits per heavy atom. The standard InChI is InChI=1S/C28H28F3N3O3/c1-27(2,3)37-26(35)34-15-14-22(18-34)36-24-17-21(16-23(33-24)28(29,30)31)32-25(19-10-6-4-7-11-19)20-12-8-5-9-13-20/h4-13,16-17,22H,14-15,18H2,1-3H3. The second kappa shape index (κ2) is 10.6. The van der Waals surface area contributed by atoms with Gasteiger partial charge in [-0.15, -0.1) is 0 Å².